The Morgan fingerprint density at radius 3 is 2.12 bits per heavy atom. The zero-order chi connectivity index (χ0) is 13.4. The van der Waals surface area contributed by atoms with Gasteiger partial charge in [0, 0.05) is 6.92 Å². The van der Waals surface area contributed by atoms with E-state index < -0.39 is 29.1 Å². The number of carboxylic acid groups (broad SMARTS) is 1. The molecule has 92 valence electrons. The molecule has 0 spiro atoms. The molecule has 1 rings (SSSR count). The summed E-state index contributed by atoms with van der Waals surface area (Å²) in [6, 6.07) is 3.11. The number of benzene rings is 1. The fourth-order valence-corrected chi connectivity index (χ4v) is 0.827. The second kappa shape index (κ2) is 7.10. The van der Waals surface area contributed by atoms with E-state index >= 15 is 0 Å². The van der Waals surface area contributed by atoms with Crippen LogP contribution in [0.2, 0.25) is 0 Å². The van der Waals surface area contributed by atoms with Crippen LogP contribution in [0.3, 0.4) is 0 Å². The van der Waals surface area contributed by atoms with Gasteiger partial charge in [0.2, 0.25) is 0 Å². The first-order valence-electron chi connectivity index (χ1n) is 4.35. The molecule has 1 aromatic rings. The summed E-state index contributed by atoms with van der Waals surface area (Å²) in [4.78, 5) is 19.9. The number of esters is 1. The van der Waals surface area contributed by atoms with E-state index in [0.717, 1.165) is 31.4 Å². The molecular formula is C11H10F2O4. The smallest absolute Gasteiger partial charge is 0.348 e. The van der Waals surface area contributed by atoms with E-state index in [1.165, 1.54) is 0 Å². The predicted molar refractivity (Wildman–Crippen MR) is 55.3 cm³/mol. The molecular weight excluding hydrogens is 234 g/mol. The number of halogens is 2. The monoisotopic (exact) mass is 244 g/mol. The van der Waals surface area contributed by atoms with Crippen molar-refractivity contribution in [1.29, 1.82) is 0 Å². The van der Waals surface area contributed by atoms with Crippen LogP contribution in [0.5, 0.6) is 0 Å². The fourth-order valence-electron chi connectivity index (χ4n) is 0.827. The minimum absolute atomic E-state index is 0.706. The highest BCUT2D eigenvalue weighted by Gasteiger charge is 2.17. The minimum atomic E-state index is -1.09. The second-order valence-corrected chi connectivity index (χ2v) is 2.69. The molecule has 0 saturated heterocycles. The molecule has 0 aromatic heterocycles. The highest BCUT2D eigenvalue weighted by molar-refractivity contribution is 5.90. The van der Waals surface area contributed by atoms with Gasteiger partial charge in [-0.1, -0.05) is 12.6 Å². The average Bonchev–Trinajstić information content (AvgIpc) is 2.16. The first-order valence-corrected chi connectivity index (χ1v) is 4.35. The van der Waals surface area contributed by atoms with Crippen LogP contribution >= 0.6 is 0 Å². The summed E-state index contributed by atoms with van der Waals surface area (Å²) in [7, 11) is 0. The minimum Gasteiger partial charge on any atom is -0.481 e. The molecule has 1 N–H and O–H groups in total. The molecule has 0 aliphatic heterocycles. The molecule has 0 amide bonds. The van der Waals surface area contributed by atoms with Crippen molar-refractivity contribution >= 4 is 11.9 Å². The Morgan fingerprint density at radius 1 is 1.35 bits per heavy atom. The summed E-state index contributed by atoms with van der Waals surface area (Å²) in [5, 5.41) is 7.42. The van der Waals surface area contributed by atoms with Crippen molar-refractivity contribution in [2.24, 2.45) is 0 Å². The van der Waals surface area contributed by atoms with Crippen molar-refractivity contribution in [2.75, 3.05) is 0 Å². The van der Waals surface area contributed by atoms with Gasteiger partial charge >= 0.3 is 5.97 Å². The number of rotatable bonds is 2. The number of hydrogen-bond acceptors (Lipinski definition) is 3. The Morgan fingerprint density at radius 2 is 1.76 bits per heavy atom. The Balaban J connectivity index is 0.000000557. The molecule has 0 heterocycles. The highest BCUT2D eigenvalue weighted by atomic mass is 19.1. The van der Waals surface area contributed by atoms with Crippen LogP contribution in [-0.4, -0.2) is 17.0 Å². The van der Waals surface area contributed by atoms with Gasteiger partial charge in [-0.05, 0) is 12.1 Å². The maximum absolute atomic E-state index is 12.8. The average molecular weight is 244 g/mol. The zero-order valence-electron chi connectivity index (χ0n) is 8.94. The number of carbonyl (C=O) groups is 2. The summed E-state index contributed by atoms with van der Waals surface area (Å²) in [5.74, 6) is -3.83. The van der Waals surface area contributed by atoms with Crippen LogP contribution in [0.15, 0.2) is 31.0 Å². The Bertz CT molecular complexity index is 405. The number of hydrogen-bond donors (Lipinski definition) is 1. The fraction of sp³-hybridized carbons (Fsp3) is 0.0909. The molecule has 4 nitrogen and oxygen atoms in total. The van der Waals surface area contributed by atoms with E-state index in [9.17, 15) is 13.6 Å². The molecule has 0 atom stereocenters. The number of ether oxygens (including phenoxy) is 1. The van der Waals surface area contributed by atoms with Crippen LogP contribution in [0.25, 0.3) is 0 Å². The predicted octanol–water partition coefficient (Wildman–Crippen LogP) is 2.36. The van der Waals surface area contributed by atoms with Crippen LogP contribution in [-0.2, 0) is 9.53 Å². The van der Waals surface area contributed by atoms with E-state index in [-0.39, 0.29) is 0 Å². The van der Waals surface area contributed by atoms with E-state index in [4.69, 9.17) is 9.90 Å². The SMILES string of the molecule is C=COC(=O)c1c(F)cccc1F.CC(=O)O. The molecule has 0 aliphatic carbocycles. The topological polar surface area (TPSA) is 63.6 Å². The van der Waals surface area contributed by atoms with Crippen molar-refractivity contribution in [1.82, 2.24) is 0 Å². The normalized spacial score (nSPS) is 8.65. The van der Waals surface area contributed by atoms with Crippen LogP contribution in [0.1, 0.15) is 17.3 Å². The van der Waals surface area contributed by atoms with Crippen LogP contribution in [0.4, 0.5) is 8.78 Å². The maximum Gasteiger partial charge on any atom is 0.348 e. The maximum atomic E-state index is 12.8. The molecule has 0 radical (unpaired) electrons. The first kappa shape index (κ1) is 14.8. The van der Waals surface area contributed by atoms with Gasteiger partial charge in [0.1, 0.15) is 17.2 Å². The van der Waals surface area contributed by atoms with Crippen molar-refractivity contribution in [2.45, 2.75) is 6.92 Å². The van der Waals surface area contributed by atoms with Gasteiger partial charge < -0.3 is 9.84 Å². The quantitative estimate of drug-likeness (QED) is 0.640. The van der Waals surface area contributed by atoms with Crippen LogP contribution in [0, 0.1) is 11.6 Å². The van der Waals surface area contributed by atoms with E-state index in [1.807, 2.05) is 0 Å². The molecule has 0 fully saturated rings. The lowest BCUT2D eigenvalue weighted by Gasteiger charge is -2.01. The number of carboxylic acids is 1. The second-order valence-electron chi connectivity index (χ2n) is 2.69. The van der Waals surface area contributed by atoms with Gasteiger partial charge in [-0.15, -0.1) is 0 Å². The van der Waals surface area contributed by atoms with Crippen molar-refractivity contribution in [3.8, 4) is 0 Å². The van der Waals surface area contributed by atoms with Gasteiger partial charge in [-0.25, -0.2) is 13.6 Å². The van der Waals surface area contributed by atoms with Gasteiger partial charge in [-0.2, -0.15) is 0 Å². The van der Waals surface area contributed by atoms with Gasteiger partial charge in [0.05, 0.1) is 6.26 Å². The van der Waals surface area contributed by atoms with Crippen LogP contribution < -0.4 is 0 Å². The lowest BCUT2D eigenvalue weighted by atomic mass is 10.2. The summed E-state index contributed by atoms with van der Waals surface area (Å²) < 4.78 is 29.9. The Kier molecular flexibility index (Phi) is 6.17. The van der Waals surface area contributed by atoms with Crippen molar-refractivity contribution < 1.29 is 28.2 Å². The molecule has 0 aliphatic rings. The van der Waals surface area contributed by atoms with E-state index in [1.54, 1.807) is 0 Å². The van der Waals surface area contributed by atoms with Crippen molar-refractivity contribution in [3.63, 3.8) is 0 Å². The third kappa shape index (κ3) is 5.41. The number of aliphatic carboxylic acids is 1. The van der Waals surface area contributed by atoms with Gasteiger partial charge in [0.15, 0.2) is 0 Å². The lowest BCUT2D eigenvalue weighted by Crippen LogP contribution is -2.06. The molecule has 6 heteroatoms. The van der Waals surface area contributed by atoms with E-state index in [0.29, 0.717) is 0 Å². The summed E-state index contributed by atoms with van der Waals surface area (Å²) >= 11 is 0. The number of carbonyl (C=O) groups excluding carboxylic acids is 1. The molecule has 0 bridgehead atoms. The molecule has 0 saturated carbocycles. The Hall–Kier alpha value is -2.24. The summed E-state index contributed by atoms with van der Waals surface area (Å²) in [5.41, 5.74) is -0.706. The highest BCUT2D eigenvalue weighted by Crippen LogP contribution is 2.12. The molecule has 0 unspecified atom stereocenters. The van der Waals surface area contributed by atoms with E-state index in [2.05, 4.69) is 11.3 Å². The summed E-state index contributed by atoms with van der Waals surface area (Å²) in [6.45, 7) is 4.18. The standard InChI is InChI=1S/C9H6F2O2.C2H4O2/c1-2-13-9(12)8-6(10)4-3-5-7(8)11;1-2(3)4/h2-5H,1H2;1H3,(H,3,4). The largest absolute Gasteiger partial charge is 0.481 e. The van der Waals surface area contributed by atoms with Gasteiger partial charge in [-0.3, -0.25) is 4.79 Å². The van der Waals surface area contributed by atoms with Gasteiger partial charge in [0.25, 0.3) is 5.97 Å². The zero-order valence-corrected chi connectivity index (χ0v) is 8.94. The van der Waals surface area contributed by atoms with Crippen molar-refractivity contribution in [3.05, 3.63) is 48.2 Å². The lowest BCUT2D eigenvalue weighted by molar-refractivity contribution is -0.134. The first-order chi connectivity index (χ1) is 7.90. The third-order valence-electron chi connectivity index (χ3n) is 1.36. The Labute approximate surface area is 96.1 Å². The molecule has 1 aromatic carbocycles. The summed E-state index contributed by atoms with van der Waals surface area (Å²) in [6.07, 6.45) is 0.814. The third-order valence-corrected chi connectivity index (χ3v) is 1.36. The molecule has 17 heavy (non-hydrogen) atoms.